The third kappa shape index (κ3) is 10.1. The third-order valence-corrected chi connectivity index (χ3v) is 5.13. The van der Waals surface area contributed by atoms with E-state index in [9.17, 15) is 0 Å². The zero-order valence-corrected chi connectivity index (χ0v) is 17.3. The summed E-state index contributed by atoms with van der Waals surface area (Å²) in [5, 5.41) is 0.745. The number of rotatable bonds is 9. The second-order valence-corrected chi connectivity index (χ2v) is 13.3. The fourth-order valence-electron chi connectivity index (χ4n) is 1.18. The van der Waals surface area contributed by atoms with E-state index in [1.165, 1.54) is 0 Å². The summed E-state index contributed by atoms with van der Waals surface area (Å²) in [7, 11) is -1.02. The van der Waals surface area contributed by atoms with Gasteiger partial charge in [0.05, 0.1) is 0 Å². The van der Waals surface area contributed by atoms with Gasteiger partial charge in [-0.2, -0.15) is 9.78 Å². The molecule has 4 nitrogen and oxygen atoms in total. The SMILES string of the molecule is C=C(OOC(C)(C)CCC(C)(C)OOC#C[Si]C)[Si](C)(C)C. The lowest BCUT2D eigenvalue weighted by molar-refractivity contribution is -0.333. The molecule has 0 atom stereocenters. The molecule has 0 aromatic rings. The molecule has 0 aliphatic rings. The molecule has 6 heteroatoms. The van der Waals surface area contributed by atoms with E-state index in [1.807, 2.05) is 34.2 Å². The molecule has 0 N–H and O–H groups in total. The fourth-order valence-corrected chi connectivity index (χ4v) is 1.61. The van der Waals surface area contributed by atoms with Crippen LogP contribution in [0.15, 0.2) is 12.0 Å². The molecule has 0 aliphatic carbocycles. The average Bonchev–Trinajstić information content (AvgIpc) is 2.38. The van der Waals surface area contributed by atoms with E-state index in [0.29, 0.717) is 9.52 Å². The van der Waals surface area contributed by atoms with E-state index in [0.717, 1.165) is 18.2 Å². The van der Waals surface area contributed by atoms with Crippen molar-refractivity contribution < 1.29 is 19.6 Å². The molecule has 2 radical (unpaired) electrons. The molecule has 0 spiro atoms. The van der Waals surface area contributed by atoms with E-state index < -0.39 is 19.3 Å². The van der Waals surface area contributed by atoms with Gasteiger partial charge in [0.25, 0.3) is 0 Å². The molecule has 126 valence electrons. The summed E-state index contributed by atoms with van der Waals surface area (Å²) in [5.74, 6) is 0. The summed E-state index contributed by atoms with van der Waals surface area (Å²) in [6.45, 7) is 20.3. The summed E-state index contributed by atoms with van der Waals surface area (Å²) in [6.07, 6.45) is 4.03. The molecule has 0 rings (SSSR count). The molecule has 0 unspecified atom stereocenters. The summed E-state index contributed by atoms with van der Waals surface area (Å²) in [4.78, 5) is 21.2. The van der Waals surface area contributed by atoms with Crippen molar-refractivity contribution in [1.29, 1.82) is 0 Å². The van der Waals surface area contributed by atoms with E-state index in [1.54, 1.807) is 0 Å². The van der Waals surface area contributed by atoms with E-state index in [2.05, 4.69) is 37.9 Å². The van der Waals surface area contributed by atoms with E-state index in [4.69, 9.17) is 19.6 Å². The van der Waals surface area contributed by atoms with Crippen LogP contribution in [0.4, 0.5) is 0 Å². The van der Waals surface area contributed by atoms with Crippen LogP contribution in [0.25, 0.3) is 0 Å². The van der Waals surface area contributed by atoms with Crippen molar-refractivity contribution in [2.75, 3.05) is 0 Å². The molecule has 0 aromatic carbocycles. The van der Waals surface area contributed by atoms with Gasteiger partial charge in [0.15, 0.2) is 0 Å². The molecule has 0 bridgehead atoms. The Balaban J connectivity index is 4.27. The van der Waals surface area contributed by atoms with Crippen LogP contribution in [-0.4, -0.2) is 28.8 Å². The Kier molecular flexibility index (Phi) is 8.48. The van der Waals surface area contributed by atoms with Crippen LogP contribution in [0.1, 0.15) is 40.5 Å². The molecule has 0 saturated heterocycles. The van der Waals surface area contributed by atoms with Gasteiger partial charge < -0.3 is 4.89 Å². The minimum absolute atomic E-state index is 0.431. The van der Waals surface area contributed by atoms with Crippen LogP contribution in [0.5, 0.6) is 0 Å². The van der Waals surface area contributed by atoms with Crippen LogP contribution < -0.4 is 0 Å². The van der Waals surface area contributed by atoms with Gasteiger partial charge in [-0.15, -0.1) is 0 Å². The highest BCUT2D eigenvalue weighted by Gasteiger charge is 2.30. The highest BCUT2D eigenvalue weighted by atomic mass is 28.3. The topological polar surface area (TPSA) is 36.9 Å². The molecule has 0 fully saturated rings. The zero-order chi connectivity index (χ0) is 17.4. The first-order chi connectivity index (χ1) is 9.90. The van der Waals surface area contributed by atoms with Crippen molar-refractivity contribution in [2.45, 2.75) is 77.9 Å². The maximum absolute atomic E-state index is 5.57. The molecule has 0 saturated carbocycles. The lowest BCUT2D eigenvalue weighted by Gasteiger charge is -2.30. The largest absolute Gasteiger partial charge is 0.348 e. The summed E-state index contributed by atoms with van der Waals surface area (Å²) < 4.78 is 0. The Morgan fingerprint density at radius 1 is 1.05 bits per heavy atom. The van der Waals surface area contributed by atoms with Crippen LogP contribution in [-0.2, 0) is 19.6 Å². The normalized spacial score (nSPS) is 12.4. The smallest absolute Gasteiger partial charge is 0.149 e. The Morgan fingerprint density at radius 3 is 2.00 bits per heavy atom. The molecular weight excluding hydrogens is 312 g/mol. The first-order valence-electron chi connectivity index (χ1n) is 7.46. The van der Waals surface area contributed by atoms with Crippen LogP contribution in [0.2, 0.25) is 26.2 Å². The molecule has 0 amide bonds. The van der Waals surface area contributed by atoms with Crippen LogP contribution >= 0.6 is 0 Å². The first-order valence-corrected chi connectivity index (χ1v) is 12.5. The highest BCUT2D eigenvalue weighted by Crippen LogP contribution is 2.26. The molecule has 22 heavy (non-hydrogen) atoms. The standard InChI is InChI=1S/C16H30O4Si2/c1-14(22(7,8)9)18-20-16(4,5)11-10-15(2,3)19-17-12-13-21-6/h1,10-11H2,2-9H3. The Morgan fingerprint density at radius 2 is 1.55 bits per heavy atom. The molecule has 0 aromatic heterocycles. The number of hydrogen-bond donors (Lipinski definition) is 0. The van der Waals surface area contributed by atoms with Crippen molar-refractivity contribution in [2.24, 2.45) is 0 Å². The van der Waals surface area contributed by atoms with Gasteiger partial charge in [0.1, 0.15) is 40.3 Å². The molecular formula is C16H30O4Si2. The maximum atomic E-state index is 5.57. The minimum Gasteiger partial charge on any atom is -0.348 e. The monoisotopic (exact) mass is 342 g/mol. The van der Waals surface area contributed by atoms with Gasteiger partial charge in [-0.3, -0.25) is 4.89 Å². The second-order valence-electron chi connectivity index (χ2n) is 7.50. The van der Waals surface area contributed by atoms with Gasteiger partial charge in [0.2, 0.25) is 0 Å². The van der Waals surface area contributed by atoms with Crippen LogP contribution in [0, 0.1) is 11.7 Å². The van der Waals surface area contributed by atoms with Crippen molar-refractivity contribution in [3.05, 3.63) is 12.0 Å². The average molecular weight is 343 g/mol. The quantitative estimate of drug-likeness (QED) is 0.206. The fraction of sp³-hybridized carbons (Fsp3) is 0.750. The highest BCUT2D eigenvalue weighted by molar-refractivity contribution is 6.82. The van der Waals surface area contributed by atoms with Gasteiger partial charge in [0, 0.05) is 0 Å². The van der Waals surface area contributed by atoms with Crippen molar-refractivity contribution in [3.8, 4) is 11.7 Å². The Hall–Kier alpha value is -0.746. The van der Waals surface area contributed by atoms with Gasteiger partial charge in [-0.05, 0) is 40.5 Å². The van der Waals surface area contributed by atoms with E-state index >= 15 is 0 Å². The predicted molar refractivity (Wildman–Crippen MR) is 93.6 cm³/mol. The molecule has 0 heterocycles. The second kappa shape index (κ2) is 8.77. The van der Waals surface area contributed by atoms with Gasteiger partial charge >= 0.3 is 0 Å². The minimum atomic E-state index is -1.55. The number of hydrogen-bond acceptors (Lipinski definition) is 4. The summed E-state index contributed by atoms with van der Waals surface area (Å²) >= 11 is 0. The van der Waals surface area contributed by atoms with Crippen molar-refractivity contribution >= 4 is 17.6 Å². The Bertz CT molecular complexity index is 414. The van der Waals surface area contributed by atoms with Crippen LogP contribution in [0.3, 0.4) is 0 Å². The maximum Gasteiger partial charge on any atom is 0.149 e. The lowest BCUT2D eigenvalue weighted by atomic mass is 9.94. The lowest BCUT2D eigenvalue weighted by Crippen LogP contribution is -2.33. The van der Waals surface area contributed by atoms with Gasteiger partial charge in [-0.25, -0.2) is 0 Å². The van der Waals surface area contributed by atoms with E-state index in [-0.39, 0.29) is 0 Å². The summed E-state index contributed by atoms with van der Waals surface area (Å²) in [5.41, 5.74) is 1.95. The third-order valence-electron chi connectivity index (χ3n) is 3.02. The Labute approximate surface area is 139 Å². The van der Waals surface area contributed by atoms with Crippen molar-refractivity contribution in [1.82, 2.24) is 0 Å². The predicted octanol–water partition coefficient (Wildman–Crippen LogP) is 4.28. The van der Waals surface area contributed by atoms with Crippen molar-refractivity contribution in [3.63, 3.8) is 0 Å². The first kappa shape index (κ1) is 21.3. The summed E-state index contributed by atoms with van der Waals surface area (Å²) in [6, 6.07) is 0. The zero-order valence-electron chi connectivity index (χ0n) is 15.3. The van der Waals surface area contributed by atoms with Gasteiger partial charge in [-0.1, -0.05) is 38.3 Å². The molecule has 0 aliphatic heterocycles.